The van der Waals surface area contributed by atoms with Crippen LogP contribution in [0, 0.1) is 5.82 Å². The summed E-state index contributed by atoms with van der Waals surface area (Å²) >= 11 is 5.57. The fourth-order valence-electron chi connectivity index (χ4n) is 2.28. The highest BCUT2D eigenvalue weighted by atomic mass is 35.5. The zero-order valence-electron chi connectivity index (χ0n) is 16.7. The van der Waals surface area contributed by atoms with Crippen molar-refractivity contribution in [1.82, 2.24) is 10.6 Å². The first kappa shape index (κ1) is 24.9. The molecule has 0 bridgehead atoms. The summed E-state index contributed by atoms with van der Waals surface area (Å²) in [6, 6.07) is 9.17. The molecule has 172 valence electrons. The Morgan fingerprint density at radius 2 is 1.56 bits per heavy atom. The van der Waals surface area contributed by atoms with E-state index in [-0.39, 0.29) is 42.7 Å². The van der Waals surface area contributed by atoms with E-state index in [2.05, 4.69) is 21.9 Å². The number of benzene rings is 2. The Kier molecular flexibility index (Phi) is 9.68. The highest BCUT2D eigenvalue weighted by molar-refractivity contribution is 6.30. The van der Waals surface area contributed by atoms with Crippen LogP contribution < -0.4 is 24.8 Å². The molecule has 0 spiro atoms. The van der Waals surface area contributed by atoms with E-state index >= 15 is 0 Å². The molecule has 0 fully saturated rings. The number of carbonyl (C=O) groups is 2. The number of carbonyl (C=O) groups excluding carboxylic acids is 2. The van der Waals surface area contributed by atoms with Gasteiger partial charge in [-0.05, 0) is 36.4 Å². The average Bonchev–Trinajstić information content (AvgIpc) is 2.73. The molecular formula is C21H20ClF3N2O5. The highest BCUT2D eigenvalue weighted by Gasteiger charge is 2.08. The smallest absolute Gasteiger partial charge is 0.387 e. The summed E-state index contributed by atoms with van der Waals surface area (Å²) in [6.45, 7) is 0.293. The molecule has 0 aliphatic heterocycles. The Morgan fingerprint density at radius 1 is 0.969 bits per heavy atom. The van der Waals surface area contributed by atoms with Crippen molar-refractivity contribution in [1.29, 1.82) is 0 Å². The van der Waals surface area contributed by atoms with Crippen LogP contribution >= 0.6 is 11.6 Å². The van der Waals surface area contributed by atoms with Crippen molar-refractivity contribution in [2.45, 2.75) is 13.0 Å². The van der Waals surface area contributed by atoms with Crippen molar-refractivity contribution in [2.75, 3.05) is 19.8 Å². The first-order valence-corrected chi connectivity index (χ1v) is 9.60. The number of nitrogens with one attached hydrogen (secondary N) is 2. The molecule has 0 radical (unpaired) electrons. The normalized spacial score (nSPS) is 10.4. The molecule has 0 aromatic heterocycles. The zero-order valence-corrected chi connectivity index (χ0v) is 17.5. The molecule has 0 heterocycles. The van der Waals surface area contributed by atoms with Crippen molar-refractivity contribution in [3.05, 3.63) is 65.6 Å². The Labute approximate surface area is 187 Å². The van der Waals surface area contributed by atoms with Gasteiger partial charge in [0.2, 0.25) is 0 Å². The minimum atomic E-state index is -2.92. The number of ether oxygens (including phenoxy) is 3. The van der Waals surface area contributed by atoms with Crippen LogP contribution in [0.2, 0.25) is 5.02 Å². The summed E-state index contributed by atoms with van der Waals surface area (Å²) in [7, 11) is 0. The van der Waals surface area contributed by atoms with Gasteiger partial charge in [0.15, 0.2) is 13.2 Å². The summed E-state index contributed by atoms with van der Waals surface area (Å²) in [6.07, 6.45) is 0.257. The van der Waals surface area contributed by atoms with Gasteiger partial charge in [0, 0.05) is 24.7 Å². The van der Waals surface area contributed by atoms with Crippen LogP contribution in [0.5, 0.6) is 17.2 Å². The lowest BCUT2D eigenvalue weighted by Crippen LogP contribution is -2.32. The molecule has 0 aliphatic rings. The third-order valence-electron chi connectivity index (χ3n) is 3.74. The van der Waals surface area contributed by atoms with Crippen LogP contribution in [-0.4, -0.2) is 38.2 Å². The molecule has 32 heavy (non-hydrogen) atoms. The fourth-order valence-corrected chi connectivity index (χ4v) is 2.40. The van der Waals surface area contributed by atoms with Crippen molar-refractivity contribution in [3.63, 3.8) is 0 Å². The van der Waals surface area contributed by atoms with Gasteiger partial charge >= 0.3 is 6.61 Å². The Morgan fingerprint density at radius 3 is 2.22 bits per heavy atom. The molecule has 0 aliphatic carbocycles. The minimum absolute atomic E-state index is 0.0249. The van der Waals surface area contributed by atoms with Crippen molar-refractivity contribution in [3.8, 4) is 17.2 Å². The third-order valence-corrected chi connectivity index (χ3v) is 4.05. The molecular weight excluding hydrogens is 453 g/mol. The van der Waals surface area contributed by atoms with Crippen molar-refractivity contribution < 1.29 is 37.0 Å². The van der Waals surface area contributed by atoms with Gasteiger partial charge in [0.05, 0.1) is 5.02 Å². The van der Waals surface area contributed by atoms with E-state index in [1.54, 1.807) is 0 Å². The van der Waals surface area contributed by atoms with Gasteiger partial charge in [-0.15, -0.1) is 0 Å². The van der Waals surface area contributed by atoms with E-state index in [9.17, 15) is 22.8 Å². The lowest BCUT2D eigenvalue weighted by Gasteiger charge is -2.11. The standard InChI is InChI=1S/C21H20ClF3N2O5/c1-13(27-20(29)12-31-16-6-7-17(22)18(23)10-16)8-9-26-19(28)11-30-14-2-4-15(5-3-14)32-21(24)25/h2-7,10,21H,1,8-9,11-12H2,(H,26,28)(H,27,29). The second kappa shape index (κ2) is 12.5. The monoisotopic (exact) mass is 472 g/mol. The maximum absolute atomic E-state index is 13.3. The van der Waals surface area contributed by atoms with E-state index in [0.717, 1.165) is 6.07 Å². The number of hydrogen-bond donors (Lipinski definition) is 2. The van der Waals surface area contributed by atoms with Crippen LogP contribution in [0.4, 0.5) is 13.2 Å². The summed E-state index contributed by atoms with van der Waals surface area (Å²) in [5.74, 6) is -1.16. The lowest BCUT2D eigenvalue weighted by molar-refractivity contribution is -0.123. The summed E-state index contributed by atoms with van der Waals surface area (Å²) in [5, 5.41) is 5.02. The predicted octanol–water partition coefficient (Wildman–Crippen LogP) is 3.67. The molecule has 2 N–H and O–H groups in total. The quantitative estimate of drug-likeness (QED) is 0.492. The van der Waals surface area contributed by atoms with Gasteiger partial charge in [-0.3, -0.25) is 9.59 Å². The average molecular weight is 473 g/mol. The second-order valence-electron chi connectivity index (χ2n) is 6.25. The molecule has 2 rings (SSSR count). The molecule has 0 saturated heterocycles. The Hall–Kier alpha value is -3.40. The van der Waals surface area contributed by atoms with Gasteiger partial charge < -0.3 is 24.8 Å². The summed E-state index contributed by atoms with van der Waals surface area (Å²) in [5.41, 5.74) is 0.344. The largest absolute Gasteiger partial charge is 0.484 e. The predicted molar refractivity (Wildman–Crippen MR) is 110 cm³/mol. The molecule has 2 aromatic carbocycles. The maximum atomic E-state index is 13.3. The van der Waals surface area contributed by atoms with E-state index in [4.69, 9.17) is 21.1 Å². The Bertz CT molecular complexity index is 942. The van der Waals surface area contributed by atoms with E-state index in [1.807, 2.05) is 0 Å². The van der Waals surface area contributed by atoms with Crippen LogP contribution in [-0.2, 0) is 9.59 Å². The van der Waals surface area contributed by atoms with Crippen LogP contribution in [0.15, 0.2) is 54.7 Å². The molecule has 11 heteroatoms. The molecule has 2 amide bonds. The molecule has 0 atom stereocenters. The number of rotatable bonds is 12. The zero-order chi connectivity index (χ0) is 23.5. The van der Waals surface area contributed by atoms with Gasteiger partial charge in [-0.25, -0.2) is 4.39 Å². The van der Waals surface area contributed by atoms with Gasteiger partial charge in [0.1, 0.15) is 23.1 Å². The van der Waals surface area contributed by atoms with Crippen LogP contribution in [0.3, 0.4) is 0 Å². The topological polar surface area (TPSA) is 85.9 Å². The van der Waals surface area contributed by atoms with E-state index < -0.39 is 24.2 Å². The molecule has 2 aromatic rings. The number of hydrogen-bond acceptors (Lipinski definition) is 5. The minimum Gasteiger partial charge on any atom is -0.484 e. The van der Waals surface area contributed by atoms with E-state index in [1.165, 1.54) is 36.4 Å². The first-order chi connectivity index (χ1) is 15.2. The third kappa shape index (κ3) is 9.17. The number of halogens is 4. The van der Waals surface area contributed by atoms with Crippen molar-refractivity contribution >= 4 is 23.4 Å². The SMILES string of the molecule is C=C(CCNC(=O)COc1ccc(OC(F)F)cc1)NC(=O)COc1ccc(Cl)c(F)c1. The highest BCUT2D eigenvalue weighted by Crippen LogP contribution is 2.20. The van der Waals surface area contributed by atoms with Gasteiger partial charge in [-0.1, -0.05) is 18.2 Å². The molecule has 0 unspecified atom stereocenters. The van der Waals surface area contributed by atoms with Gasteiger partial charge in [-0.2, -0.15) is 8.78 Å². The number of alkyl halides is 2. The maximum Gasteiger partial charge on any atom is 0.387 e. The second-order valence-corrected chi connectivity index (χ2v) is 6.66. The molecule has 0 saturated carbocycles. The van der Waals surface area contributed by atoms with Crippen LogP contribution in [0.1, 0.15) is 6.42 Å². The number of amides is 2. The first-order valence-electron chi connectivity index (χ1n) is 9.23. The van der Waals surface area contributed by atoms with Crippen molar-refractivity contribution in [2.24, 2.45) is 0 Å². The van der Waals surface area contributed by atoms with Crippen LogP contribution in [0.25, 0.3) is 0 Å². The summed E-state index contributed by atoms with van der Waals surface area (Å²) in [4.78, 5) is 23.6. The van der Waals surface area contributed by atoms with Gasteiger partial charge in [0.25, 0.3) is 11.8 Å². The fraction of sp³-hybridized carbons (Fsp3) is 0.238. The van der Waals surface area contributed by atoms with E-state index in [0.29, 0.717) is 11.4 Å². The Balaban J connectivity index is 1.60. The summed E-state index contributed by atoms with van der Waals surface area (Å²) < 4.78 is 52.1. The lowest BCUT2D eigenvalue weighted by atomic mass is 10.3. The molecule has 7 nitrogen and oxygen atoms in total.